The Hall–Kier alpha value is -0.690. The first-order valence-corrected chi connectivity index (χ1v) is 8.65. The van der Waals surface area contributed by atoms with Gasteiger partial charge in [-0.1, -0.05) is 0 Å². The summed E-state index contributed by atoms with van der Waals surface area (Å²) in [7, 11) is 0. The van der Waals surface area contributed by atoms with Gasteiger partial charge in [-0.25, -0.2) is 0 Å². The van der Waals surface area contributed by atoms with E-state index in [0.717, 1.165) is 6.42 Å². The van der Waals surface area contributed by atoms with Gasteiger partial charge in [0.2, 0.25) is 0 Å². The molecule has 0 aromatic carbocycles. The van der Waals surface area contributed by atoms with Crippen LogP contribution in [-0.4, -0.2) is 50.0 Å². The molecule has 1 fully saturated rings. The first kappa shape index (κ1) is 20.4. The average molecular weight is 331 g/mol. The zero-order chi connectivity index (χ0) is 17.5. The Morgan fingerprint density at radius 1 is 1.22 bits per heavy atom. The zero-order valence-electron chi connectivity index (χ0n) is 15.4. The Balaban J connectivity index is 2.88. The summed E-state index contributed by atoms with van der Waals surface area (Å²) in [5.74, 6) is -0.751. The lowest BCUT2D eigenvalue weighted by molar-refractivity contribution is -0.187. The molecule has 6 nitrogen and oxygen atoms in total. The van der Waals surface area contributed by atoms with E-state index in [1.165, 1.54) is 0 Å². The molecule has 3 atom stereocenters. The van der Waals surface area contributed by atoms with Gasteiger partial charge in [-0.15, -0.1) is 0 Å². The topological polar surface area (TPSA) is 66.0 Å². The van der Waals surface area contributed by atoms with Gasteiger partial charge in [0.15, 0.2) is 6.29 Å². The number of hydrogen-bond donors (Lipinski definition) is 1. The lowest BCUT2D eigenvalue weighted by atomic mass is 9.91. The summed E-state index contributed by atoms with van der Waals surface area (Å²) in [6.45, 7) is 13.3. The highest BCUT2D eigenvalue weighted by Gasteiger charge is 2.41. The highest BCUT2D eigenvalue weighted by Crippen LogP contribution is 2.28. The molecule has 1 saturated heterocycles. The molecule has 1 N–H and O–H groups in total. The van der Waals surface area contributed by atoms with Crippen molar-refractivity contribution in [3.63, 3.8) is 0 Å². The minimum Gasteiger partial charge on any atom is -0.466 e. The number of esters is 1. The van der Waals surface area contributed by atoms with Crippen LogP contribution < -0.4 is 5.32 Å². The second-order valence-electron chi connectivity index (χ2n) is 6.53. The molecule has 0 spiro atoms. The maximum absolute atomic E-state index is 12.5. The summed E-state index contributed by atoms with van der Waals surface area (Å²) >= 11 is 0. The lowest BCUT2D eigenvalue weighted by Gasteiger charge is -2.43. The molecule has 1 heterocycles. The van der Waals surface area contributed by atoms with Crippen molar-refractivity contribution in [1.29, 1.82) is 0 Å². The Bertz CT molecular complexity index is 355. The van der Waals surface area contributed by atoms with Crippen LogP contribution >= 0.6 is 0 Å². The predicted octanol–water partition coefficient (Wildman–Crippen LogP) is 2.46. The summed E-state index contributed by atoms with van der Waals surface area (Å²) in [6.07, 6.45) is 0.521. The predicted molar refractivity (Wildman–Crippen MR) is 87.9 cm³/mol. The van der Waals surface area contributed by atoms with E-state index in [1.54, 1.807) is 6.92 Å². The molecule has 1 aliphatic heterocycles. The summed E-state index contributed by atoms with van der Waals surface area (Å²) in [6, 6.07) is 0. The quantitative estimate of drug-likeness (QED) is 0.517. The number of carbonyl (C=O) groups is 1. The van der Waals surface area contributed by atoms with E-state index in [4.69, 9.17) is 18.9 Å². The highest BCUT2D eigenvalue weighted by atomic mass is 16.7. The van der Waals surface area contributed by atoms with Gasteiger partial charge in [-0.05, 0) is 48.0 Å². The second-order valence-corrected chi connectivity index (χ2v) is 6.53. The molecular formula is C17H33NO5. The second kappa shape index (κ2) is 9.57. The van der Waals surface area contributed by atoms with E-state index in [9.17, 15) is 4.79 Å². The number of carbonyl (C=O) groups excluding carboxylic acids is 1. The molecule has 0 bridgehead atoms. The number of ether oxygens (including phenoxy) is 4. The Morgan fingerprint density at radius 3 is 2.30 bits per heavy atom. The van der Waals surface area contributed by atoms with E-state index in [0.29, 0.717) is 26.2 Å². The average Bonchev–Trinajstić information content (AvgIpc) is 2.43. The van der Waals surface area contributed by atoms with Gasteiger partial charge in [0.05, 0.1) is 12.7 Å². The largest absolute Gasteiger partial charge is 0.466 e. The fraction of sp³-hybridized carbons (Fsp3) is 0.941. The van der Waals surface area contributed by atoms with Crippen molar-refractivity contribution in [2.75, 3.05) is 19.8 Å². The summed E-state index contributed by atoms with van der Waals surface area (Å²) < 4.78 is 22.4. The molecule has 0 aromatic rings. The van der Waals surface area contributed by atoms with Crippen molar-refractivity contribution in [2.24, 2.45) is 5.92 Å². The molecule has 0 aromatic heterocycles. The van der Waals surface area contributed by atoms with E-state index in [2.05, 4.69) is 19.2 Å². The molecule has 3 unspecified atom stereocenters. The van der Waals surface area contributed by atoms with Gasteiger partial charge < -0.3 is 18.9 Å². The number of rotatable bonds is 9. The highest BCUT2D eigenvalue weighted by molar-refractivity contribution is 5.73. The zero-order valence-corrected chi connectivity index (χ0v) is 15.4. The minimum atomic E-state index is -0.472. The van der Waals surface area contributed by atoms with Crippen LogP contribution in [0.3, 0.4) is 0 Å². The van der Waals surface area contributed by atoms with Gasteiger partial charge in [0.25, 0.3) is 0 Å². The molecule has 1 aliphatic rings. The molecule has 0 amide bonds. The number of hydrogen-bond acceptors (Lipinski definition) is 6. The molecule has 0 radical (unpaired) electrons. The van der Waals surface area contributed by atoms with Crippen LogP contribution in [0, 0.1) is 5.92 Å². The van der Waals surface area contributed by atoms with Gasteiger partial charge in [-0.3, -0.25) is 10.1 Å². The van der Waals surface area contributed by atoms with Crippen molar-refractivity contribution in [3.05, 3.63) is 0 Å². The van der Waals surface area contributed by atoms with Gasteiger partial charge in [0, 0.05) is 25.2 Å². The smallest absolute Gasteiger partial charge is 0.313 e. The monoisotopic (exact) mass is 331 g/mol. The van der Waals surface area contributed by atoms with E-state index < -0.39 is 18.4 Å². The maximum Gasteiger partial charge on any atom is 0.313 e. The standard InChI is InChI=1S/C17H33NO5/c1-7-20-14(21-8-2)10-13(16(19)22-9-3)15-18-17(5,6)11-12(4)23-15/h12-15,18H,7-11H2,1-6H3. The van der Waals surface area contributed by atoms with Crippen molar-refractivity contribution in [2.45, 2.75) is 78.5 Å². The van der Waals surface area contributed by atoms with Gasteiger partial charge in [0.1, 0.15) is 12.1 Å². The fourth-order valence-electron chi connectivity index (χ4n) is 3.05. The third-order valence-electron chi connectivity index (χ3n) is 3.82. The van der Waals surface area contributed by atoms with Crippen LogP contribution in [0.5, 0.6) is 0 Å². The summed E-state index contributed by atoms with van der Waals surface area (Å²) in [4.78, 5) is 12.5. The summed E-state index contributed by atoms with van der Waals surface area (Å²) in [5.41, 5.74) is -0.0974. The van der Waals surface area contributed by atoms with Crippen LogP contribution in [0.4, 0.5) is 0 Å². The minimum absolute atomic E-state index is 0.0748. The lowest BCUT2D eigenvalue weighted by Crippen LogP contribution is -2.59. The number of nitrogens with one attached hydrogen (secondary N) is 1. The third kappa shape index (κ3) is 6.75. The fourth-order valence-corrected chi connectivity index (χ4v) is 3.05. The van der Waals surface area contributed by atoms with Crippen molar-refractivity contribution in [3.8, 4) is 0 Å². The van der Waals surface area contributed by atoms with Crippen LogP contribution in [0.25, 0.3) is 0 Å². The molecule has 6 heteroatoms. The Morgan fingerprint density at radius 2 is 1.83 bits per heavy atom. The van der Waals surface area contributed by atoms with Crippen molar-refractivity contribution < 1.29 is 23.7 Å². The van der Waals surface area contributed by atoms with Gasteiger partial charge in [-0.2, -0.15) is 0 Å². The first-order chi connectivity index (χ1) is 10.8. The molecule has 136 valence electrons. The SMILES string of the molecule is CCOC(=O)C(CC(OCC)OCC)C1NC(C)(C)CC(C)O1. The van der Waals surface area contributed by atoms with Crippen LogP contribution in [0.15, 0.2) is 0 Å². The normalized spacial score (nSPS) is 25.3. The third-order valence-corrected chi connectivity index (χ3v) is 3.82. The summed E-state index contributed by atoms with van der Waals surface area (Å²) in [5, 5.41) is 3.42. The van der Waals surface area contributed by atoms with Crippen LogP contribution in [-0.2, 0) is 23.7 Å². The van der Waals surface area contributed by atoms with E-state index in [-0.39, 0.29) is 17.6 Å². The van der Waals surface area contributed by atoms with Crippen LogP contribution in [0.1, 0.15) is 54.4 Å². The van der Waals surface area contributed by atoms with Crippen molar-refractivity contribution in [1.82, 2.24) is 5.32 Å². The first-order valence-electron chi connectivity index (χ1n) is 8.65. The maximum atomic E-state index is 12.5. The molecule has 1 rings (SSSR count). The Labute approximate surface area is 140 Å². The molecular weight excluding hydrogens is 298 g/mol. The van der Waals surface area contributed by atoms with Crippen LogP contribution in [0.2, 0.25) is 0 Å². The molecule has 0 saturated carbocycles. The van der Waals surface area contributed by atoms with Gasteiger partial charge >= 0.3 is 5.97 Å². The Kier molecular flexibility index (Phi) is 8.47. The molecule has 0 aliphatic carbocycles. The van der Waals surface area contributed by atoms with Crippen molar-refractivity contribution >= 4 is 5.97 Å². The molecule has 23 heavy (non-hydrogen) atoms. The van der Waals surface area contributed by atoms with E-state index in [1.807, 2.05) is 20.8 Å². The van der Waals surface area contributed by atoms with E-state index >= 15 is 0 Å².